The molecule has 1 aromatic carbocycles. The van der Waals surface area contributed by atoms with Crippen LogP contribution in [-0.2, 0) is 40.8 Å². The molecule has 1 aliphatic carbocycles. The first-order valence-electron chi connectivity index (χ1n) is 17.1. The van der Waals surface area contributed by atoms with Crippen molar-refractivity contribution in [3.05, 3.63) is 47.4 Å². The maximum absolute atomic E-state index is 13.6. The third-order valence-electron chi connectivity index (χ3n) is 9.17. The van der Waals surface area contributed by atoms with Gasteiger partial charge in [-0.25, -0.2) is 0 Å². The van der Waals surface area contributed by atoms with Gasteiger partial charge in [0.05, 0.1) is 12.3 Å². The molecule has 4 amide bonds. The van der Waals surface area contributed by atoms with Gasteiger partial charge in [0, 0.05) is 92.1 Å². The van der Waals surface area contributed by atoms with Crippen molar-refractivity contribution in [1.82, 2.24) is 34.8 Å². The van der Waals surface area contributed by atoms with Gasteiger partial charge in [-0.3, -0.25) is 23.9 Å². The molecular formula is C35H49N7O5S. The second kappa shape index (κ2) is 16.5. The number of hydrogen-bond donors (Lipinski definition) is 3. The summed E-state index contributed by atoms with van der Waals surface area (Å²) in [6, 6.07) is 7.89. The number of nitrogens with zero attached hydrogens (tertiary/aromatic N) is 5. The first-order valence-corrected chi connectivity index (χ1v) is 18.1. The zero-order valence-corrected chi connectivity index (χ0v) is 29.2. The maximum atomic E-state index is 13.6. The molecule has 3 N–H and O–H groups in total. The van der Waals surface area contributed by atoms with Gasteiger partial charge in [-0.1, -0.05) is 32.0 Å². The Morgan fingerprint density at radius 2 is 1.94 bits per heavy atom. The second-order valence-electron chi connectivity index (χ2n) is 13.2. The molecule has 0 saturated carbocycles. The summed E-state index contributed by atoms with van der Waals surface area (Å²) in [5.74, 6) is -0.118. The number of thioether (sulfide) groups is 1. The molecule has 2 aromatic heterocycles. The van der Waals surface area contributed by atoms with Gasteiger partial charge in [-0.2, -0.15) is 5.10 Å². The van der Waals surface area contributed by atoms with Gasteiger partial charge in [-0.15, -0.1) is 11.8 Å². The van der Waals surface area contributed by atoms with E-state index >= 15 is 0 Å². The summed E-state index contributed by atoms with van der Waals surface area (Å²) >= 11 is 1.48. The van der Waals surface area contributed by atoms with E-state index in [1.54, 1.807) is 4.90 Å². The van der Waals surface area contributed by atoms with Crippen LogP contribution in [0, 0.1) is 5.92 Å². The fourth-order valence-corrected chi connectivity index (χ4v) is 7.56. The van der Waals surface area contributed by atoms with Crippen molar-refractivity contribution in [2.45, 2.75) is 76.3 Å². The molecule has 48 heavy (non-hydrogen) atoms. The highest BCUT2D eigenvalue weighted by molar-refractivity contribution is 8.00. The van der Waals surface area contributed by atoms with Crippen LogP contribution < -0.4 is 10.6 Å². The Labute approximate surface area is 286 Å². The molecule has 0 spiro atoms. The molecule has 5 rings (SSSR count). The first kappa shape index (κ1) is 35.5. The van der Waals surface area contributed by atoms with E-state index in [1.807, 2.05) is 46.8 Å². The van der Waals surface area contributed by atoms with Gasteiger partial charge in [0.2, 0.25) is 17.7 Å². The van der Waals surface area contributed by atoms with E-state index in [0.717, 1.165) is 33.5 Å². The molecule has 2 aliphatic rings. The minimum atomic E-state index is -0.284. The van der Waals surface area contributed by atoms with Gasteiger partial charge in [0.25, 0.3) is 5.91 Å². The summed E-state index contributed by atoms with van der Waals surface area (Å²) in [6.07, 6.45) is 5.77. The van der Waals surface area contributed by atoms with Crippen molar-refractivity contribution in [1.29, 1.82) is 0 Å². The van der Waals surface area contributed by atoms with Crippen LogP contribution in [0.2, 0.25) is 0 Å². The zero-order valence-electron chi connectivity index (χ0n) is 28.4. The van der Waals surface area contributed by atoms with Crippen molar-refractivity contribution < 1.29 is 24.3 Å². The van der Waals surface area contributed by atoms with Crippen LogP contribution in [0.25, 0.3) is 10.9 Å². The number of para-hydroxylation sites is 1. The van der Waals surface area contributed by atoms with E-state index in [2.05, 4.69) is 24.5 Å². The minimum absolute atomic E-state index is 0.0813. The SMILES string of the molecule is CC(C)CCn1nc2c3c1CCC(C3)NC(=O)CN(CCCO)C(=O)CCCN(C(=O)CSc1cn(C)c3ccccc13)CCNC2=O. The topological polar surface area (TPSA) is 142 Å². The number of carbonyl (C=O) groups is 4. The standard InChI is InChI=1S/C35H49N7O5S/c1-24(2)13-17-42-29-12-11-25-20-27(29)34(38-42)35(47)36-14-18-40(15-6-10-32(45)41(16-7-19-43)22-31(44)37-25)33(46)23-48-30-21-39(3)28-9-5-4-8-26(28)30/h4-5,8-9,21,24-25,43H,6-7,10-20,22-23H2,1-3H3,(H,36,47)(H,37,44). The van der Waals surface area contributed by atoms with Gasteiger partial charge < -0.3 is 30.1 Å². The molecule has 2 bridgehead atoms. The van der Waals surface area contributed by atoms with E-state index in [1.165, 1.54) is 16.7 Å². The van der Waals surface area contributed by atoms with E-state index < -0.39 is 0 Å². The fourth-order valence-electron chi connectivity index (χ4n) is 6.54. The van der Waals surface area contributed by atoms with Crippen LogP contribution >= 0.6 is 11.8 Å². The highest BCUT2D eigenvalue weighted by atomic mass is 32.2. The Morgan fingerprint density at radius 1 is 1.12 bits per heavy atom. The minimum Gasteiger partial charge on any atom is -0.396 e. The third-order valence-corrected chi connectivity index (χ3v) is 10.2. The number of aryl methyl sites for hydroxylation is 2. The van der Waals surface area contributed by atoms with E-state index in [4.69, 9.17) is 5.10 Å². The predicted molar refractivity (Wildman–Crippen MR) is 186 cm³/mol. The average Bonchev–Trinajstić information content (AvgIpc) is 3.59. The summed E-state index contributed by atoms with van der Waals surface area (Å²) in [6.45, 7) is 5.98. The highest BCUT2D eigenvalue weighted by Gasteiger charge is 2.31. The average molecular weight is 680 g/mol. The molecule has 0 saturated heterocycles. The van der Waals surface area contributed by atoms with E-state index in [-0.39, 0.29) is 68.1 Å². The van der Waals surface area contributed by atoms with E-state index in [0.29, 0.717) is 63.4 Å². The van der Waals surface area contributed by atoms with Crippen molar-refractivity contribution >= 4 is 46.3 Å². The normalized spacial score (nSPS) is 18.3. The lowest BCUT2D eigenvalue weighted by molar-refractivity contribution is -0.137. The molecule has 0 radical (unpaired) electrons. The van der Waals surface area contributed by atoms with Crippen LogP contribution in [0.15, 0.2) is 35.4 Å². The Balaban J connectivity index is 1.35. The van der Waals surface area contributed by atoms with Crippen LogP contribution in [0.4, 0.5) is 0 Å². The Kier molecular flexibility index (Phi) is 12.2. The summed E-state index contributed by atoms with van der Waals surface area (Å²) in [4.78, 5) is 57.9. The summed E-state index contributed by atoms with van der Waals surface area (Å²) in [5, 5.41) is 21.4. The lowest BCUT2D eigenvalue weighted by atomic mass is 9.91. The van der Waals surface area contributed by atoms with E-state index in [9.17, 15) is 24.3 Å². The van der Waals surface area contributed by atoms with Crippen molar-refractivity contribution in [3.8, 4) is 0 Å². The van der Waals surface area contributed by atoms with Gasteiger partial charge >= 0.3 is 0 Å². The van der Waals surface area contributed by atoms with Crippen molar-refractivity contribution in [2.24, 2.45) is 13.0 Å². The molecule has 0 fully saturated rings. The van der Waals surface area contributed by atoms with Crippen LogP contribution in [0.3, 0.4) is 0 Å². The summed E-state index contributed by atoms with van der Waals surface area (Å²) < 4.78 is 4.00. The maximum Gasteiger partial charge on any atom is 0.272 e. The Bertz CT molecular complexity index is 1620. The molecular weight excluding hydrogens is 630 g/mol. The summed E-state index contributed by atoms with van der Waals surface area (Å²) in [7, 11) is 1.99. The molecule has 260 valence electrons. The number of carbonyl (C=O) groups excluding carboxylic acids is 4. The number of aliphatic hydroxyl groups excluding tert-OH is 1. The Hall–Kier alpha value is -3.84. The van der Waals surface area contributed by atoms with Crippen LogP contribution in [-0.4, -0.2) is 104 Å². The number of aliphatic hydroxyl groups is 1. The van der Waals surface area contributed by atoms with Crippen LogP contribution in [0.5, 0.6) is 0 Å². The predicted octanol–water partition coefficient (Wildman–Crippen LogP) is 2.75. The number of aromatic nitrogens is 3. The number of nitrogens with one attached hydrogen (secondary N) is 2. The second-order valence-corrected chi connectivity index (χ2v) is 14.2. The lowest BCUT2D eigenvalue weighted by Crippen LogP contribution is -2.46. The molecule has 1 atom stereocenters. The Morgan fingerprint density at radius 3 is 2.73 bits per heavy atom. The molecule has 13 heteroatoms. The van der Waals surface area contributed by atoms with Gasteiger partial charge in [-0.05, 0) is 50.5 Å². The number of benzene rings is 1. The molecule has 1 unspecified atom stereocenters. The number of hydrogen-bond acceptors (Lipinski definition) is 7. The number of rotatable bonds is 9. The third kappa shape index (κ3) is 8.79. The van der Waals surface area contributed by atoms with Crippen molar-refractivity contribution in [3.63, 3.8) is 0 Å². The number of amides is 4. The molecule has 1 aliphatic heterocycles. The van der Waals surface area contributed by atoms with Crippen molar-refractivity contribution in [2.75, 3.05) is 45.1 Å². The zero-order chi connectivity index (χ0) is 34.2. The van der Waals surface area contributed by atoms with Gasteiger partial charge in [0.15, 0.2) is 5.69 Å². The van der Waals surface area contributed by atoms with Gasteiger partial charge in [0.1, 0.15) is 0 Å². The monoisotopic (exact) mass is 679 g/mol. The quantitative estimate of drug-likeness (QED) is 0.296. The molecule has 3 heterocycles. The molecule has 12 nitrogen and oxygen atoms in total. The fraction of sp³-hybridized carbons (Fsp3) is 0.571. The lowest BCUT2D eigenvalue weighted by Gasteiger charge is -2.27. The smallest absolute Gasteiger partial charge is 0.272 e. The first-order chi connectivity index (χ1) is 23.1. The number of fused-ring (bicyclic) bond motifs is 2. The largest absolute Gasteiger partial charge is 0.396 e. The highest BCUT2D eigenvalue weighted by Crippen LogP contribution is 2.30. The molecule has 3 aromatic rings. The summed E-state index contributed by atoms with van der Waals surface area (Å²) in [5.41, 5.74) is 3.35. The van der Waals surface area contributed by atoms with Crippen LogP contribution in [0.1, 0.15) is 67.7 Å².